The van der Waals surface area contributed by atoms with Crippen molar-refractivity contribution in [2.24, 2.45) is 5.73 Å². The smallest absolute Gasteiger partial charge is 0.264 e. The fraction of sp³-hybridized carbons (Fsp3) is 0.385. The number of carbonyl (C=O) groups excluding carboxylic acids is 2. The lowest BCUT2D eigenvalue weighted by Crippen LogP contribution is -2.55. The molecule has 1 atom stereocenters. The number of nitrogens with one attached hydrogen (secondary N) is 1. The van der Waals surface area contributed by atoms with Gasteiger partial charge in [-0.15, -0.1) is 0 Å². The first-order valence-corrected chi connectivity index (χ1v) is 13.7. The maximum atomic E-state index is 13.7. The van der Waals surface area contributed by atoms with E-state index >= 15 is 0 Å². The summed E-state index contributed by atoms with van der Waals surface area (Å²) in [6.07, 6.45) is 2.69. The van der Waals surface area contributed by atoms with Crippen molar-refractivity contribution in [3.8, 4) is 0 Å². The van der Waals surface area contributed by atoms with E-state index < -0.39 is 15.9 Å². The standard InChI is InChI=1S/C26H32FN5O4S/c1-18(28)16-25(33)29-37(35,36)23-8-6-22(7-9-23)30-12-14-31(15-13-30)26(34)19(2)32-11-3-4-20-17-21(27)5-10-24(20)32/h5-10,16-17,19H,3-4,11-15,28H2,1-2H3,(H,29,33)/b18-16-/t19-/m1/s1. The van der Waals surface area contributed by atoms with E-state index in [1.165, 1.54) is 25.1 Å². The summed E-state index contributed by atoms with van der Waals surface area (Å²) >= 11 is 0. The zero-order chi connectivity index (χ0) is 26.7. The number of aryl methyl sites for hydroxylation is 1. The number of anilines is 2. The van der Waals surface area contributed by atoms with Crippen LogP contribution >= 0.6 is 0 Å². The highest BCUT2D eigenvalue weighted by Crippen LogP contribution is 2.30. The summed E-state index contributed by atoms with van der Waals surface area (Å²) in [5.74, 6) is -1.03. The first-order valence-electron chi connectivity index (χ1n) is 12.2. The lowest BCUT2D eigenvalue weighted by atomic mass is 9.99. The number of rotatable bonds is 6. The summed E-state index contributed by atoms with van der Waals surface area (Å²) in [4.78, 5) is 31.0. The SMILES string of the molecule is C/C(N)=C/C(=O)NS(=O)(=O)c1ccc(N2CCN(C(=O)[C@@H](C)N3CCCc4cc(F)ccc43)CC2)cc1. The van der Waals surface area contributed by atoms with Gasteiger partial charge in [-0.3, -0.25) is 9.59 Å². The van der Waals surface area contributed by atoms with E-state index in [0.717, 1.165) is 42.4 Å². The number of hydrogen-bond donors (Lipinski definition) is 2. The molecule has 2 aliphatic rings. The average Bonchev–Trinajstić information content (AvgIpc) is 2.86. The normalized spacial score (nSPS) is 17.3. The number of hydrogen-bond acceptors (Lipinski definition) is 7. The topological polar surface area (TPSA) is 116 Å². The van der Waals surface area contributed by atoms with Crippen LogP contribution in [0.15, 0.2) is 59.1 Å². The minimum Gasteiger partial charge on any atom is -0.402 e. The number of halogens is 1. The molecular formula is C26H32FN5O4S. The Labute approximate surface area is 216 Å². The Morgan fingerprint density at radius 3 is 2.38 bits per heavy atom. The Hall–Kier alpha value is -3.60. The number of amides is 2. The molecule has 2 aromatic rings. The molecule has 0 spiro atoms. The minimum absolute atomic E-state index is 0.0305. The van der Waals surface area contributed by atoms with E-state index in [-0.39, 0.29) is 28.4 Å². The van der Waals surface area contributed by atoms with Crippen molar-refractivity contribution < 1.29 is 22.4 Å². The molecule has 4 rings (SSSR count). The Kier molecular flexibility index (Phi) is 7.72. The molecule has 0 aliphatic carbocycles. The summed E-state index contributed by atoms with van der Waals surface area (Å²) in [5, 5.41) is 0. The lowest BCUT2D eigenvalue weighted by molar-refractivity contribution is -0.132. The fourth-order valence-corrected chi connectivity index (χ4v) is 5.78. The van der Waals surface area contributed by atoms with Gasteiger partial charge >= 0.3 is 0 Å². The minimum atomic E-state index is -4.01. The van der Waals surface area contributed by atoms with Crippen LogP contribution in [0, 0.1) is 5.82 Å². The van der Waals surface area contributed by atoms with Crippen molar-refractivity contribution in [3.05, 3.63) is 65.6 Å². The van der Waals surface area contributed by atoms with Gasteiger partial charge in [-0.1, -0.05) is 0 Å². The molecule has 0 aromatic heterocycles. The highest BCUT2D eigenvalue weighted by Gasteiger charge is 2.31. The number of allylic oxidation sites excluding steroid dienone is 1. The van der Waals surface area contributed by atoms with Crippen molar-refractivity contribution in [2.45, 2.75) is 37.6 Å². The maximum Gasteiger partial charge on any atom is 0.264 e. The Morgan fingerprint density at radius 1 is 1.05 bits per heavy atom. The molecule has 2 aromatic carbocycles. The number of piperazine rings is 1. The second-order valence-electron chi connectivity index (χ2n) is 9.41. The zero-order valence-electron chi connectivity index (χ0n) is 21.0. The van der Waals surface area contributed by atoms with Crippen LogP contribution in [0.25, 0.3) is 0 Å². The van der Waals surface area contributed by atoms with Gasteiger partial charge in [0, 0.05) is 55.9 Å². The van der Waals surface area contributed by atoms with Gasteiger partial charge in [-0.25, -0.2) is 17.5 Å². The van der Waals surface area contributed by atoms with Gasteiger partial charge in [-0.2, -0.15) is 0 Å². The van der Waals surface area contributed by atoms with Gasteiger partial charge in [-0.05, 0) is 74.7 Å². The van der Waals surface area contributed by atoms with Crippen LogP contribution in [0.4, 0.5) is 15.8 Å². The molecule has 1 saturated heterocycles. The van der Waals surface area contributed by atoms with Gasteiger partial charge in [0.2, 0.25) is 5.91 Å². The summed E-state index contributed by atoms with van der Waals surface area (Å²) < 4.78 is 40.5. The lowest BCUT2D eigenvalue weighted by Gasteiger charge is -2.41. The van der Waals surface area contributed by atoms with Gasteiger partial charge in [0.25, 0.3) is 15.9 Å². The van der Waals surface area contributed by atoms with Crippen molar-refractivity contribution in [3.63, 3.8) is 0 Å². The van der Waals surface area contributed by atoms with Crippen LogP contribution in [-0.4, -0.2) is 63.9 Å². The molecule has 2 heterocycles. The third-order valence-corrected chi connectivity index (χ3v) is 8.08. The number of nitrogens with zero attached hydrogens (tertiary/aromatic N) is 3. The first-order chi connectivity index (χ1) is 17.5. The predicted molar refractivity (Wildman–Crippen MR) is 140 cm³/mol. The van der Waals surface area contributed by atoms with Crippen LogP contribution in [0.3, 0.4) is 0 Å². The highest BCUT2D eigenvalue weighted by molar-refractivity contribution is 7.90. The Bertz CT molecular complexity index is 1300. The molecule has 2 aliphatic heterocycles. The summed E-state index contributed by atoms with van der Waals surface area (Å²) in [6.45, 7) is 6.42. The second-order valence-corrected chi connectivity index (χ2v) is 11.1. The van der Waals surface area contributed by atoms with Gasteiger partial charge in [0.15, 0.2) is 0 Å². The third kappa shape index (κ3) is 6.04. The number of carbonyl (C=O) groups is 2. The zero-order valence-corrected chi connectivity index (χ0v) is 21.8. The molecular weight excluding hydrogens is 497 g/mol. The second kappa shape index (κ2) is 10.8. The van der Waals surface area contributed by atoms with Crippen LogP contribution in [-0.2, 0) is 26.0 Å². The van der Waals surface area contributed by atoms with E-state index in [1.54, 1.807) is 24.3 Å². The van der Waals surface area contributed by atoms with E-state index in [9.17, 15) is 22.4 Å². The summed E-state index contributed by atoms with van der Waals surface area (Å²) in [6, 6.07) is 10.7. The molecule has 0 saturated carbocycles. The van der Waals surface area contributed by atoms with Gasteiger partial charge in [0.05, 0.1) is 4.90 Å². The fourth-order valence-electron chi connectivity index (χ4n) is 4.84. The molecule has 198 valence electrons. The van der Waals surface area contributed by atoms with E-state index in [2.05, 4.69) is 9.80 Å². The summed E-state index contributed by atoms with van der Waals surface area (Å²) in [7, 11) is -4.01. The van der Waals surface area contributed by atoms with Crippen molar-refractivity contribution in [2.75, 3.05) is 42.5 Å². The van der Waals surface area contributed by atoms with E-state index in [4.69, 9.17) is 5.73 Å². The van der Waals surface area contributed by atoms with Crippen LogP contribution in [0.1, 0.15) is 25.8 Å². The van der Waals surface area contributed by atoms with E-state index in [1.807, 2.05) is 16.5 Å². The molecule has 11 heteroatoms. The highest BCUT2D eigenvalue weighted by atomic mass is 32.2. The quantitative estimate of drug-likeness (QED) is 0.550. The predicted octanol–water partition coefficient (Wildman–Crippen LogP) is 1.98. The monoisotopic (exact) mass is 529 g/mol. The van der Waals surface area contributed by atoms with Crippen LogP contribution < -0.4 is 20.3 Å². The summed E-state index contributed by atoms with van der Waals surface area (Å²) in [5.41, 5.74) is 8.31. The molecule has 0 bridgehead atoms. The molecule has 0 unspecified atom stereocenters. The van der Waals surface area contributed by atoms with Gasteiger partial charge < -0.3 is 20.4 Å². The average molecular weight is 530 g/mol. The Morgan fingerprint density at radius 2 is 1.73 bits per heavy atom. The largest absolute Gasteiger partial charge is 0.402 e. The van der Waals surface area contributed by atoms with Crippen molar-refractivity contribution in [1.29, 1.82) is 0 Å². The number of sulfonamides is 1. The van der Waals surface area contributed by atoms with Gasteiger partial charge in [0.1, 0.15) is 11.9 Å². The van der Waals surface area contributed by atoms with Crippen LogP contribution in [0.2, 0.25) is 0 Å². The van der Waals surface area contributed by atoms with Crippen molar-refractivity contribution >= 4 is 33.2 Å². The third-order valence-electron chi connectivity index (χ3n) is 6.72. The molecule has 2 amide bonds. The number of fused-ring (bicyclic) bond motifs is 1. The maximum absolute atomic E-state index is 13.7. The molecule has 0 radical (unpaired) electrons. The Balaban J connectivity index is 1.36. The molecule has 9 nitrogen and oxygen atoms in total. The van der Waals surface area contributed by atoms with Crippen LogP contribution in [0.5, 0.6) is 0 Å². The molecule has 37 heavy (non-hydrogen) atoms. The molecule has 1 fully saturated rings. The number of nitrogens with two attached hydrogens (primary N) is 1. The first kappa shape index (κ1) is 26.5. The van der Waals surface area contributed by atoms with Crippen molar-refractivity contribution in [1.82, 2.24) is 9.62 Å². The number of benzene rings is 2. The van der Waals surface area contributed by atoms with E-state index in [0.29, 0.717) is 26.2 Å². The molecule has 3 N–H and O–H groups in total.